The number of aromatic nitrogens is 2. The molecule has 29 heavy (non-hydrogen) atoms. The second kappa shape index (κ2) is 11.9. The maximum absolute atomic E-state index is 14.6. The number of hydrogen-bond donors (Lipinski definition) is 1. The van der Waals surface area contributed by atoms with E-state index >= 15 is 0 Å². The normalized spacial score (nSPS) is 10.3. The Labute approximate surface area is 172 Å². The first-order valence-corrected chi connectivity index (χ1v) is 10.2. The molecule has 1 heterocycles. The van der Waals surface area contributed by atoms with Crippen LogP contribution in [0.4, 0.5) is 4.39 Å². The zero-order valence-electron chi connectivity index (χ0n) is 17.6. The van der Waals surface area contributed by atoms with E-state index in [1.807, 2.05) is 6.92 Å². The molecule has 0 aliphatic rings. The minimum atomic E-state index is -0.475. The van der Waals surface area contributed by atoms with Crippen molar-refractivity contribution in [1.29, 1.82) is 0 Å². The van der Waals surface area contributed by atoms with Crippen molar-refractivity contribution in [2.24, 2.45) is 7.05 Å². The number of carbonyl (C=O) groups is 1. The van der Waals surface area contributed by atoms with Crippen LogP contribution in [0.15, 0.2) is 24.3 Å². The molecule has 0 fully saturated rings. The molecule has 2 aromatic rings. The van der Waals surface area contributed by atoms with Gasteiger partial charge in [-0.15, -0.1) is 0 Å². The van der Waals surface area contributed by atoms with Crippen LogP contribution < -0.4 is 10.1 Å². The molecule has 0 saturated carbocycles. The average Bonchev–Trinajstić information content (AvgIpc) is 3.11. The minimum Gasteiger partial charge on any atom is -0.478 e. The Balaban J connectivity index is 1.87. The van der Waals surface area contributed by atoms with Crippen molar-refractivity contribution in [3.8, 4) is 17.6 Å². The number of ether oxygens (including phenoxy) is 1. The number of hydrogen-bond acceptors (Lipinski definition) is 3. The first-order valence-electron chi connectivity index (χ1n) is 10.2. The lowest BCUT2D eigenvalue weighted by molar-refractivity contribution is 0.0941. The number of nitrogens with zero attached hydrogens (tertiary/aromatic N) is 2. The minimum absolute atomic E-state index is 0.0671. The second-order valence-corrected chi connectivity index (χ2v) is 6.86. The summed E-state index contributed by atoms with van der Waals surface area (Å²) < 4.78 is 21.6. The molecular weight excluding hydrogens is 369 g/mol. The van der Waals surface area contributed by atoms with Gasteiger partial charge in [0.05, 0.1) is 5.69 Å². The largest absolute Gasteiger partial charge is 0.478 e. The summed E-state index contributed by atoms with van der Waals surface area (Å²) in [4.78, 5) is 12.4. The highest BCUT2D eigenvalue weighted by Crippen LogP contribution is 2.20. The van der Waals surface area contributed by atoms with E-state index < -0.39 is 5.82 Å². The van der Waals surface area contributed by atoms with Gasteiger partial charge in [0.2, 0.25) is 0 Å². The topological polar surface area (TPSA) is 56.1 Å². The van der Waals surface area contributed by atoms with Crippen molar-refractivity contribution >= 4 is 5.91 Å². The van der Waals surface area contributed by atoms with Crippen molar-refractivity contribution in [2.45, 2.75) is 58.9 Å². The highest BCUT2D eigenvalue weighted by molar-refractivity contribution is 5.92. The van der Waals surface area contributed by atoms with Crippen LogP contribution in [0.2, 0.25) is 0 Å². The van der Waals surface area contributed by atoms with Gasteiger partial charge in [-0.25, -0.2) is 4.39 Å². The summed E-state index contributed by atoms with van der Waals surface area (Å²) in [6.45, 7) is 4.36. The number of halogens is 1. The molecule has 0 aliphatic heterocycles. The third-order valence-electron chi connectivity index (χ3n) is 4.59. The molecule has 0 spiro atoms. The lowest BCUT2D eigenvalue weighted by Gasteiger charge is -2.10. The molecule has 6 heteroatoms. The standard InChI is InChI=1S/C23H30FN3O2/c1-4-6-7-8-9-10-11-15-29-21-14-12-13-18(22(21)24)17-25-23(28)20-16-19(5-2)26-27(20)3/h12-14,16H,4-9,15,17H2,1-3H3,(H,25,28). The molecule has 0 bridgehead atoms. The number of carbonyl (C=O) groups excluding carboxylic acids is 1. The Morgan fingerprint density at radius 1 is 1.24 bits per heavy atom. The molecule has 5 nitrogen and oxygen atoms in total. The zero-order chi connectivity index (χ0) is 21.1. The van der Waals surface area contributed by atoms with Crippen molar-refractivity contribution in [3.05, 3.63) is 47.0 Å². The first kappa shape index (κ1) is 22.5. The molecule has 1 amide bonds. The summed E-state index contributed by atoms with van der Waals surface area (Å²) in [7, 11) is 1.72. The smallest absolute Gasteiger partial charge is 0.269 e. The van der Waals surface area contributed by atoms with E-state index in [2.05, 4.69) is 29.2 Å². The van der Waals surface area contributed by atoms with Crippen molar-refractivity contribution in [2.75, 3.05) is 6.61 Å². The van der Waals surface area contributed by atoms with Crippen molar-refractivity contribution in [1.82, 2.24) is 15.1 Å². The maximum Gasteiger partial charge on any atom is 0.269 e. The van der Waals surface area contributed by atoms with E-state index in [0.29, 0.717) is 11.3 Å². The quantitative estimate of drug-likeness (QED) is 0.476. The Kier molecular flexibility index (Phi) is 9.23. The molecule has 0 atom stereocenters. The Morgan fingerprint density at radius 2 is 2.07 bits per heavy atom. The zero-order valence-corrected chi connectivity index (χ0v) is 17.6. The fourth-order valence-electron chi connectivity index (χ4n) is 2.88. The van der Waals surface area contributed by atoms with Crippen LogP contribution in [-0.2, 0) is 20.0 Å². The van der Waals surface area contributed by atoms with Crippen LogP contribution in [0.25, 0.3) is 0 Å². The second-order valence-electron chi connectivity index (χ2n) is 6.86. The van der Waals surface area contributed by atoms with Gasteiger partial charge in [-0.3, -0.25) is 9.48 Å². The molecule has 1 aromatic heterocycles. The number of benzene rings is 1. The van der Waals surface area contributed by atoms with Gasteiger partial charge < -0.3 is 10.1 Å². The number of unbranched alkanes of at least 4 members (excludes halogenated alkanes) is 4. The van der Waals surface area contributed by atoms with E-state index in [1.165, 1.54) is 23.9 Å². The first-order chi connectivity index (χ1) is 14.1. The highest BCUT2D eigenvalue weighted by Gasteiger charge is 2.14. The molecule has 2 rings (SSSR count). The summed E-state index contributed by atoms with van der Waals surface area (Å²) in [5.74, 6) is 5.36. The average molecular weight is 400 g/mol. The predicted octanol–water partition coefficient (Wildman–Crippen LogP) is 4.40. The van der Waals surface area contributed by atoms with Gasteiger partial charge in [0.15, 0.2) is 11.6 Å². The van der Waals surface area contributed by atoms with Gasteiger partial charge in [-0.2, -0.15) is 5.10 Å². The van der Waals surface area contributed by atoms with Gasteiger partial charge in [0, 0.05) is 25.6 Å². The van der Waals surface area contributed by atoms with E-state index in [0.717, 1.165) is 25.0 Å². The third kappa shape index (κ3) is 6.94. The highest BCUT2D eigenvalue weighted by atomic mass is 19.1. The van der Waals surface area contributed by atoms with E-state index in [-0.39, 0.29) is 24.8 Å². The molecule has 156 valence electrons. The Morgan fingerprint density at radius 3 is 2.79 bits per heavy atom. The van der Waals surface area contributed by atoms with Gasteiger partial charge in [0.1, 0.15) is 12.3 Å². The molecule has 0 saturated heterocycles. The summed E-state index contributed by atoms with van der Waals surface area (Å²) >= 11 is 0. The third-order valence-corrected chi connectivity index (χ3v) is 4.59. The lowest BCUT2D eigenvalue weighted by Crippen LogP contribution is -2.25. The lowest BCUT2D eigenvalue weighted by atomic mass is 10.2. The van der Waals surface area contributed by atoms with E-state index in [9.17, 15) is 9.18 Å². The summed E-state index contributed by atoms with van der Waals surface area (Å²) in [6.07, 6.45) is 6.29. The number of rotatable bonds is 10. The molecule has 1 N–H and O–H groups in total. The number of amides is 1. The monoisotopic (exact) mass is 399 g/mol. The SMILES string of the molecule is CCCCCCC#CCOc1cccc(CNC(=O)c2cc(CC)nn2C)c1F. The van der Waals surface area contributed by atoms with Gasteiger partial charge in [-0.1, -0.05) is 57.1 Å². The number of nitrogens with one attached hydrogen (secondary N) is 1. The maximum atomic E-state index is 14.6. The summed E-state index contributed by atoms with van der Waals surface area (Å²) in [5.41, 5.74) is 1.65. The molecular formula is C23H30FN3O2. The summed E-state index contributed by atoms with van der Waals surface area (Å²) in [5, 5.41) is 6.99. The molecule has 0 radical (unpaired) electrons. The van der Waals surface area contributed by atoms with Crippen LogP contribution in [0.1, 0.15) is 67.7 Å². The Bertz CT molecular complexity index is 865. The molecule has 0 aliphatic carbocycles. The van der Waals surface area contributed by atoms with Gasteiger partial charge >= 0.3 is 0 Å². The molecule has 0 unspecified atom stereocenters. The van der Waals surface area contributed by atoms with Crippen LogP contribution in [-0.4, -0.2) is 22.3 Å². The van der Waals surface area contributed by atoms with Gasteiger partial charge in [-0.05, 0) is 25.0 Å². The van der Waals surface area contributed by atoms with E-state index in [1.54, 1.807) is 31.3 Å². The van der Waals surface area contributed by atoms with E-state index in [4.69, 9.17) is 4.74 Å². The number of aryl methyl sites for hydroxylation is 2. The fourth-order valence-corrected chi connectivity index (χ4v) is 2.88. The Hall–Kier alpha value is -2.81. The van der Waals surface area contributed by atoms with Crippen molar-refractivity contribution in [3.63, 3.8) is 0 Å². The van der Waals surface area contributed by atoms with Crippen LogP contribution in [0.5, 0.6) is 5.75 Å². The summed E-state index contributed by atoms with van der Waals surface area (Å²) in [6, 6.07) is 6.64. The van der Waals surface area contributed by atoms with Crippen LogP contribution >= 0.6 is 0 Å². The van der Waals surface area contributed by atoms with Gasteiger partial charge in [0.25, 0.3) is 5.91 Å². The van der Waals surface area contributed by atoms with Crippen LogP contribution in [0, 0.1) is 17.7 Å². The molecule has 1 aromatic carbocycles. The predicted molar refractivity (Wildman–Crippen MR) is 112 cm³/mol. The van der Waals surface area contributed by atoms with Crippen LogP contribution in [0.3, 0.4) is 0 Å². The fraction of sp³-hybridized carbons (Fsp3) is 0.478. The van der Waals surface area contributed by atoms with Crippen molar-refractivity contribution < 1.29 is 13.9 Å².